The van der Waals surface area contributed by atoms with Gasteiger partial charge >= 0.3 is 0 Å². The summed E-state index contributed by atoms with van der Waals surface area (Å²) in [4.78, 5) is 11.8. The zero-order valence-electron chi connectivity index (χ0n) is 12.3. The number of carbonyl (C=O) groups is 1. The molecule has 3 nitrogen and oxygen atoms in total. The van der Waals surface area contributed by atoms with Crippen molar-refractivity contribution in [1.29, 1.82) is 0 Å². The maximum absolute atomic E-state index is 11.8. The van der Waals surface area contributed by atoms with Crippen molar-refractivity contribution >= 4 is 5.91 Å². The summed E-state index contributed by atoms with van der Waals surface area (Å²) in [5.41, 5.74) is 6.08. The first-order chi connectivity index (χ1) is 8.37. The molecule has 0 bridgehead atoms. The fourth-order valence-corrected chi connectivity index (χ4v) is 2.47. The lowest BCUT2D eigenvalue weighted by molar-refractivity contribution is -0.123. The van der Waals surface area contributed by atoms with Crippen LogP contribution in [0.25, 0.3) is 0 Å². The molecule has 1 rings (SSSR count). The summed E-state index contributed by atoms with van der Waals surface area (Å²) >= 11 is 0. The highest BCUT2D eigenvalue weighted by molar-refractivity contribution is 5.77. The van der Waals surface area contributed by atoms with Crippen LogP contribution in [-0.2, 0) is 4.79 Å². The Balaban J connectivity index is 2.19. The lowest BCUT2D eigenvalue weighted by atomic mass is 9.75. The quantitative estimate of drug-likeness (QED) is 0.654. The van der Waals surface area contributed by atoms with Crippen LogP contribution in [0, 0.1) is 5.41 Å². The van der Waals surface area contributed by atoms with E-state index in [-0.39, 0.29) is 16.9 Å². The summed E-state index contributed by atoms with van der Waals surface area (Å²) < 4.78 is 0. The van der Waals surface area contributed by atoms with Gasteiger partial charge in [-0.15, -0.1) is 0 Å². The van der Waals surface area contributed by atoms with Crippen molar-refractivity contribution in [3.8, 4) is 0 Å². The van der Waals surface area contributed by atoms with Crippen molar-refractivity contribution in [3.05, 3.63) is 0 Å². The number of nitrogens with two attached hydrogens (primary N) is 1. The van der Waals surface area contributed by atoms with Crippen LogP contribution >= 0.6 is 0 Å². The molecule has 1 amide bonds. The summed E-state index contributed by atoms with van der Waals surface area (Å²) in [6.45, 7) is 7.44. The van der Waals surface area contributed by atoms with Gasteiger partial charge in [-0.1, -0.05) is 40.0 Å². The minimum Gasteiger partial charge on any atom is -0.356 e. The largest absolute Gasteiger partial charge is 0.356 e. The Morgan fingerprint density at radius 1 is 1.33 bits per heavy atom. The fraction of sp³-hybridized carbons (Fsp3) is 0.933. The van der Waals surface area contributed by atoms with Gasteiger partial charge in [-0.05, 0) is 31.1 Å². The highest BCUT2D eigenvalue weighted by Crippen LogP contribution is 2.32. The third-order valence-corrected chi connectivity index (χ3v) is 4.08. The normalized spacial score (nSPS) is 18.2. The molecule has 3 heteroatoms. The maximum Gasteiger partial charge on any atom is 0.221 e. The molecule has 1 saturated carbocycles. The summed E-state index contributed by atoms with van der Waals surface area (Å²) in [5.74, 6) is 0.126. The molecule has 0 heterocycles. The van der Waals surface area contributed by atoms with Gasteiger partial charge in [0.25, 0.3) is 0 Å². The number of amides is 1. The molecular formula is C15H30N2O. The van der Waals surface area contributed by atoms with Crippen LogP contribution in [-0.4, -0.2) is 18.0 Å². The molecule has 0 radical (unpaired) electrons. The van der Waals surface area contributed by atoms with E-state index in [2.05, 4.69) is 26.1 Å². The second kappa shape index (κ2) is 6.55. The van der Waals surface area contributed by atoms with Crippen molar-refractivity contribution in [2.75, 3.05) is 6.54 Å². The van der Waals surface area contributed by atoms with Crippen LogP contribution in [0.5, 0.6) is 0 Å². The Bertz CT molecular complexity index is 270. The van der Waals surface area contributed by atoms with Crippen LogP contribution in [0.3, 0.4) is 0 Å². The number of hydrogen-bond donors (Lipinski definition) is 2. The van der Waals surface area contributed by atoms with Gasteiger partial charge in [0, 0.05) is 18.5 Å². The van der Waals surface area contributed by atoms with Gasteiger partial charge in [0.2, 0.25) is 5.91 Å². The molecule has 0 aliphatic heterocycles. The Kier molecular flexibility index (Phi) is 5.64. The van der Waals surface area contributed by atoms with Gasteiger partial charge in [-0.2, -0.15) is 0 Å². The van der Waals surface area contributed by atoms with Crippen molar-refractivity contribution in [2.24, 2.45) is 11.1 Å². The van der Waals surface area contributed by atoms with Crippen molar-refractivity contribution in [1.82, 2.24) is 5.32 Å². The van der Waals surface area contributed by atoms with E-state index in [0.29, 0.717) is 6.42 Å². The maximum atomic E-state index is 11.8. The molecule has 0 aromatic heterocycles. The van der Waals surface area contributed by atoms with E-state index in [9.17, 15) is 4.79 Å². The summed E-state index contributed by atoms with van der Waals surface area (Å²) in [6.07, 6.45) is 8.63. The van der Waals surface area contributed by atoms with Gasteiger partial charge in [0.05, 0.1) is 0 Å². The zero-order chi connectivity index (χ0) is 13.6. The summed E-state index contributed by atoms with van der Waals surface area (Å²) in [7, 11) is 0. The van der Waals surface area contributed by atoms with Crippen LogP contribution in [0.2, 0.25) is 0 Å². The van der Waals surface area contributed by atoms with Crippen LogP contribution in [0.4, 0.5) is 0 Å². The third-order valence-electron chi connectivity index (χ3n) is 4.08. The number of hydrogen-bond acceptors (Lipinski definition) is 2. The first-order valence-electron chi connectivity index (χ1n) is 7.42. The zero-order valence-corrected chi connectivity index (χ0v) is 12.3. The van der Waals surface area contributed by atoms with E-state index in [0.717, 1.165) is 19.4 Å². The first-order valence-corrected chi connectivity index (χ1v) is 7.42. The Morgan fingerprint density at radius 3 is 2.50 bits per heavy atom. The van der Waals surface area contributed by atoms with Crippen molar-refractivity contribution in [3.63, 3.8) is 0 Å². The average Bonchev–Trinajstić information content (AvgIpc) is 2.25. The van der Waals surface area contributed by atoms with E-state index < -0.39 is 0 Å². The van der Waals surface area contributed by atoms with Gasteiger partial charge in [-0.25, -0.2) is 0 Å². The Hall–Kier alpha value is -0.570. The number of rotatable bonds is 8. The average molecular weight is 254 g/mol. The molecule has 1 aliphatic carbocycles. The molecule has 0 aromatic carbocycles. The van der Waals surface area contributed by atoms with Gasteiger partial charge in [-0.3, -0.25) is 4.79 Å². The second-order valence-corrected chi connectivity index (χ2v) is 6.79. The monoisotopic (exact) mass is 254 g/mol. The predicted molar refractivity (Wildman–Crippen MR) is 76.3 cm³/mol. The molecule has 106 valence electrons. The lowest BCUT2D eigenvalue weighted by Gasteiger charge is -2.37. The third kappa shape index (κ3) is 5.38. The van der Waals surface area contributed by atoms with E-state index in [1.807, 2.05) is 0 Å². The van der Waals surface area contributed by atoms with E-state index in [4.69, 9.17) is 5.73 Å². The highest BCUT2D eigenvalue weighted by atomic mass is 16.1. The van der Waals surface area contributed by atoms with E-state index in [1.54, 1.807) is 0 Å². The fourth-order valence-electron chi connectivity index (χ4n) is 2.47. The smallest absolute Gasteiger partial charge is 0.221 e. The minimum atomic E-state index is -0.198. The molecule has 0 aromatic rings. The number of carbonyl (C=O) groups excluding carboxylic acids is 1. The van der Waals surface area contributed by atoms with Crippen LogP contribution < -0.4 is 11.1 Å². The van der Waals surface area contributed by atoms with E-state index in [1.165, 1.54) is 32.1 Å². The molecule has 1 aliphatic rings. The number of nitrogens with one attached hydrogen (secondary N) is 1. The molecule has 0 spiro atoms. The first kappa shape index (κ1) is 15.5. The minimum absolute atomic E-state index is 0.126. The molecule has 0 saturated heterocycles. The molecule has 0 unspecified atom stereocenters. The summed E-state index contributed by atoms with van der Waals surface area (Å²) in [5, 5.41) is 3.06. The van der Waals surface area contributed by atoms with Crippen LogP contribution in [0.15, 0.2) is 0 Å². The van der Waals surface area contributed by atoms with Crippen LogP contribution in [0.1, 0.15) is 72.1 Å². The second-order valence-electron chi connectivity index (χ2n) is 6.79. The number of unbranched alkanes of at least 4 members (excludes halogenated alkanes) is 2. The van der Waals surface area contributed by atoms with Gasteiger partial charge in [0.15, 0.2) is 0 Å². The Morgan fingerprint density at radius 2 is 2.00 bits per heavy atom. The van der Waals surface area contributed by atoms with E-state index >= 15 is 0 Å². The predicted octanol–water partition coefficient (Wildman–Crippen LogP) is 2.98. The SMILES string of the molecule is CCCCCC(C)(C)CNC(=O)CC1(N)CCC1. The molecule has 1 fully saturated rings. The standard InChI is InChI=1S/C15H30N2O/c1-4-5-6-8-14(2,3)12-17-13(18)11-15(16)9-7-10-15/h4-12,16H2,1-3H3,(H,17,18). The highest BCUT2D eigenvalue weighted by Gasteiger charge is 2.34. The van der Waals surface area contributed by atoms with Crippen molar-refractivity contribution in [2.45, 2.75) is 77.7 Å². The molecule has 3 N–H and O–H groups in total. The topological polar surface area (TPSA) is 55.1 Å². The molecule has 0 atom stereocenters. The summed E-state index contributed by atoms with van der Waals surface area (Å²) in [6, 6.07) is 0. The lowest BCUT2D eigenvalue weighted by Crippen LogP contribution is -2.50. The van der Waals surface area contributed by atoms with Gasteiger partial charge in [0.1, 0.15) is 0 Å². The Labute approximate surface area is 112 Å². The van der Waals surface area contributed by atoms with Crippen molar-refractivity contribution < 1.29 is 4.79 Å². The molecule has 18 heavy (non-hydrogen) atoms. The molecular weight excluding hydrogens is 224 g/mol. The van der Waals surface area contributed by atoms with Gasteiger partial charge < -0.3 is 11.1 Å².